The smallest absolute Gasteiger partial charge is 0.223 e. The van der Waals surface area contributed by atoms with E-state index in [9.17, 15) is 9.59 Å². The monoisotopic (exact) mass is 310 g/mol. The maximum absolute atomic E-state index is 12.2. The lowest BCUT2D eigenvalue weighted by atomic mass is 9.53. The van der Waals surface area contributed by atoms with E-state index in [0.717, 1.165) is 5.82 Å². The van der Waals surface area contributed by atoms with Gasteiger partial charge in [-0.3, -0.25) is 14.7 Å². The Morgan fingerprint density at radius 2 is 2.14 bits per heavy atom. The first-order valence-corrected chi connectivity index (χ1v) is 7.54. The Morgan fingerprint density at radius 3 is 2.62 bits per heavy atom. The van der Waals surface area contributed by atoms with Gasteiger partial charge in [0, 0.05) is 31.8 Å². The Hall–Kier alpha value is -1.50. The molecule has 116 valence electrons. The van der Waals surface area contributed by atoms with Crippen LogP contribution in [0.2, 0.25) is 0 Å². The van der Waals surface area contributed by atoms with Crippen LogP contribution in [0, 0.1) is 22.0 Å². The van der Waals surface area contributed by atoms with E-state index in [4.69, 9.17) is 12.2 Å². The van der Waals surface area contributed by atoms with Crippen LogP contribution in [-0.2, 0) is 23.1 Å². The summed E-state index contributed by atoms with van der Waals surface area (Å²) in [5.41, 5.74) is -0.249. The van der Waals surface area contributed by atoms with E-state index in [1.165, 1.54) is 0 Å². The molecule has 1 fully saturated rings. The molecule has 0 radical (unpaired) electrons. The van der Waals surface area contributed by atoms with Gasteiger partial charge in [-0.15, -0.1) is 0 Å². The molecule has 1 aliphatic carbocycles. The van der Waals surface area contributed by atoms with Gasteiger partial charge in [-0.1, -0.05) is 13.8 Å². The van der Waals surface area contributed by atoms with Crippen molar-refractivity contribution in [2.24, 2.45) is 24.3 Å². The number of Topliss-reactive ketones (excluding diaryl/α,β-unsaturated/α-hetero) is 1. The minimum Gasteiger partial charge on any atom is -0.355 e. The van der Waals surface area contributed by atoms with Gasteiger partial charge in [0.05, 0.1) is 0 Å². The van der Waals surface area contributed by atoms with Crippen molar-refractivity contribution in [3.8, 4) is 0 Å². The molecule has 1 amide bonds. The Labute approximate surface area is 129 Å². The van der Waals surface area contributed by atoms with Crippen LogP contribution < -0.4 is 5.32 Å². The van der Waals surface area contributed by atoms with Crippen LogP contribution in [-0.4, -0.2) is 33.0 Å². The summed E-state index contributed by atoms with van der Waals surface area (Å²) in [6.45, 7) is 6.10. The molecule has 0 aliphatic heterocycles. The fourth-order valence-electron chi connectivity index (χ4n) is 3.08. The van der Waals surface area contributed by atoms with Crippen LogP contribution in [0.5, 0.6) is 0 Å². The normalized spacial score (nSPS) is 23.4. The molecule has 0 bridgehead atoms. The van der Waals surface area contributed by atoms with Crippen molar-refractivity contribution >= 4 is 23.9 Å². The number of carbonyl (C=O) groups excluding carboxylic acids is 2. The molecule has 2 N–H and O–H groups in total. The Bertz CT molecular complexity index is 617. The number of carbonyl (C=O) groups is 2. The first-order valence-electron chi connectivity index (χ1n) is 7.13. The molecule has 0 saturated heterocycles. The molecule has 1 aromatic rings. The van der Waals surface area contributed by atoms with Crippen LogP contribution in [0.4, 0.5) is 0 Å². The van der Waals surface area contributed by atoms with E-state index in [1.807, 2.05) is 20.9 Å². The van der Waals surface area contributed by atoms with E-state index in [2.05, 4.69) is 15.5 Å². The highest BCUT2D eigenvalue weighted by molar-refractivity contribution is 7.71. The zero-order chi connectivity index (χ0) is 15.8. The van der Waals surface area contributed by atoms with Gasteiger partial charge < -0.3 is 9.88 Å². The second-order valence-corrected chi connectivity index (χ2v) is 6.70. The quantitative estimate of drug-likeness (QED) is 0.805. The van der Waals surface area contributed by atoms with Gasteiger partial charge in [-0.25, -0.2) is 0 Å². The Balaban J connectivity index is 1.85. The lowest BCUT2D eigenvalue weighted by Gasteiger charge is -2.49. The highest BCUT2D eigenvalue weighted by Gasteiger charge is 2.53. The average Bonchev–Trinajstić information content (AvgIpc) is 2.69. The number of H-pyrrole nitrogens is 1. The van der Waals surface area contributed by atoms with Crippen LogP contribution in [0.25, 0.3) is 0 Å². The van der Waals surface area contributed by atoms with E-state index < -0.39 is 0 Å². The molecule has 0 aromatic carbocycles. The van der Waals surface area contributed by atoms with Crippen molar-refractivity contribution in [2.45, 2.75) is 33.6 Å². The second-order valence-electron chi connectivity index (χ2n) is 6.32. The fourth-order valence-corrected chi connectivity index (χ4v) is 3.24. The van der Waals surface area contributed by atoms with Gasteiger partial charge in [-0.2, -0.15) is 5.10 Å². The average molecular weight is 310 g/mol. The molecule has 0 spiro atoms. The van der Waals surface area contributed by atoms with Crippen molar-refractivity contribution in [3.05, 3.63) is 10.6 Å². The van der Waals surface area contributed by atoms with Crippen molar-refractivity contribution in [1.82, 2.24) is 20.1 Å². The number of nitrogens with zero attached hydrogens (tertiary/aromatic N) is 2. The third-order valence-electron chi connectivity index (χ3n) is 4.70. The van der Waals surface area contributed by atoms with Gasteiger partial charge in [0.15, 0.2) is 4.77 Å². The fraction of sp³-hybridized carbons (Fsp3) is 0.714. The number of aromatic amines is 1. The summed E-state index contributed by atoms with van der Waals surface area (Å²) in [6.07, 6.45) is 1.28. The molecule has 21 heavy (non-hydrogen) atoms. The second kappa shape index (κ2) is 5.71. The predicted molar refractivity (Wildman–Crippen MR) is 81.2 cm³/mol. The van der Waals surface area contributed by atoms with Crippen molar-refractivity contribution < 1.29 is 9.59 Å². The molecule has 1 saturated carbocycles. The van der Waals surface area contributed by atoms with Gasteiger partial charge in [0.25, 0.3) is 0 Å². The van der Waals surface area contributed by atoms with E-state index in [-0.39, 0.29) is 28.9 Å². The molecular formula is C14H22N4O2S. The largest absolute Gasteiger partial charge is 0.355 e. The molecule has 0 unspecified atom stereocenters. The summed E-state index contributed by atoms with van der Waals surface area (Å²) >= 11 is 5.04. The molecule has 1 aliphatic rings. The third-order valence-corrected chi connectivity index (χ3v) is 5.06. The molecule has 2 atom stereocenters. The maximum Gasteiger partial charge on any atom is 0.223 e. The Kier molecular flexibility index (Phi) is 4.32. The topological polar surface area (TPSA) is 79.8 Å². The minimum absolute atomic E-state index is 0.000152. The van der Waals surface area contributed by atoms with E-state index in [1.54, 1.807) is 11.5 Å². The summed E-state index contributed by atoms with van der Waals surface area (Å²) in [5.74, 6) is 0.920. The molecule has 1 aromatic heterocycles. The van der Waals surface area contributed by atoms with Gasteiger partial charge in [0.2, 0.25) is 5.91 Å². The van der Waals surface area contributed by atoms with Gasteiger partial charge >= 0.3 is 0 Å². The number of hydrogen-bond acceptors (Lipinski definition) is 4. The standard InChI is InChI=1S/C14H22N4O2S/c1-8(19)9-7-10(14(9,2)3)12(20)15-6-5-11-16-17-13(21)18(11)4/h9-10H,5-7H2,1-4H3,(H,15,20)(H,17,21)/t9-,10+/m0/s1. The SMILES string of the molecule is CC(=O)[C@@H]1C[C@H](C(=O)NCCc2n[nH]c(=S)n2C)C1(C)C. The van der Waals surface area contributed by atoms with Crippen molar-refractivity contribution in [2.75, 3.05) is 6.54 Å². The maximum atomic E-state index is 12.2. The van der Waals surface area contributed by atoms with Crippen LogP contribution in [0.15, 0.2) is 0 Å². The third kappa shape index (κ3) is 2.92. The zero-order valence-corrected chi connectivity index (χ0v) is 13.7. The Morgan fingerprint density at radius 1 is 1.48 bits per heavy atom. The lowest BCUT2D eigenvalue weighted by Crippen LogP contribution is -2.54. The number of hydrogen-bond donors (Lipinski definition) is 2. The number of amides is 1. The van der Waals surface area contributed by atoms with Crippen molar-refractivity contribution in [3.63, 3.8) is 0 Å². The summed E-state index contributed by atoms with van der Waals surface area (Å²) in [7, 11) is 1.84. The number of aromatic nitrogens is 3. The number of rotatable bonds is 5. The number of ketones is 1. The van der Waals surface area contributed by atoms with E-state index >= 15 is 0 Å². The van der Waals surface area contributed by atoms with E-state index in [0.29, 0.717) is 24.2 Å². The van der Waals surface area contributed by atoms with Crippen LogP contribution in [0.1, 0.15) is 33.0 Å². The first-order chi connectivity index (χ1) is 9.75. The molecule has 6 nitrogen and oxygen atoms in total. The van der Waals surface area contributed by atoms with Crippen LogP contribution >= 0.6 is 12.2 Å². The summed E-state index contributed by atoms with van der Waals surface area (Å²) < 4.78 is 2.36. The highest BCUT2D eigenvalue weighted by Crippen LogP contribution is 2.51. The summed E-state index contributed by atoms with van der Waals surface area (Å²) in [4.78, 5) is 23.7. The van der Waals surface area contributed by atoms with Crippen molar-refractivity contribution in [1.29, 1.82) is 0 Å². The minimum atomic E-state index is -0.249. The van der Waals surface area contributed by atoms with Crippen LogP contribution in [0.3, 0.4) is 0 Å². The molecule has 1 heterocycles. The molecule has 2 rings (SSSR count). The highest BCUT2D eigenvalue weighted by atomic mass is 32.1. The summed E-state index contributed by atoms with van der Waals surface area (Å²) in [6, 6.07) is 0. The first kappa shape index (κ1) is 15.9. The molecule has 7 heteroatoms. The predicted octanol–water partition coefficient (Wildman–Crippen LogP) is 1.39. The van der Waals surface area contributed by atoms with Gasteiger partial charge in [0.1, 0.15) is 11.6 Å². The van der Waals surface area contributed by atoms with Gasteiger partial charge in [-0.05, 0) is 31.0 Å². The zero-order valence-electron chi connectivity index (χ0n) is 12.9. The summed E-state index contributed by atoms with van der Waals surface area (Å²) in [5, 5.41) is 9.76. The lowest BCUT2D eigenvalue weighted by molar-refractivity contribution is -0.148. The number of nitrogens with one attached hydrogen (secondary N) is 2. The molecular weight excluding hydrogens is 288 g/mol.